The number of urea groups is 1. The number of carbonyl (C=O) groups excluding carboxylic acids is 3. The lowest BCUT2D eigenvalue weighted by Gasteiger charge is -2.25. The Kier molecular flexibility index (Phi) is 6.37. The fourth-order valence-corrected chi connectivity index (χ4v) is 1.86. The largest absolute Gasteiger partial charge is 0.548 e. The average molecular weight is 306 g/mol. The zero-order valence-corrected chi connectivity index (χ0v) is 12.8. The predicted octanol–water partition coefficient (Wildman–Crippen LogP) is 0.931. The highest BCUT2D eigenvalue weighted by molar-refractivity contribution is 5.94. The van der Waals surface area contributed by atoms with Crippen molar-refractivity contribution >= 4 is 29.3 Å². The van der Waals surface area contributed by atoms with Crippen LogP contribution in [0.25, 0.3) is 0 Å². The molecule has 1 rings (SSSR count). The maximum absolute atomic E-state index is 11.9. The van der Waals surface area contributed by atoms with E-state index in [1.165, 1.54) is 6.92 Å². The number of aliphatic carboxylic acids is 1. The molecule has 1 aromatic rings. The third kappa shape index (κ3) is 5.43. The second kappa shape index (κ2) is 8.02. The van der Waals surface area contributed by atoms with Crippen LogP contribution in [0.15, 0.2) is 24.3 Å². The lowest BCUT2D eigenvalue weighted by molar-refractivity contribution is -0.309. The summed E-state index contributed by atoms with van der Waals surface area (Å²) < 4.78 is 0. The Morgan fingerprint density at radius 3 is 2.27 bits per heavy atom. The molecule has 3 N–H and O–H groups in total. The van der Waals surface area contributed by atoms with Crippen molar-refractivity contribution in [1.29, 1.82) is 0 Å². The highest BCUT2D eigenvalue weighted by Gasteiger charge is 2.19. The van der Waals surface area contributed by atoms with E-state index in [2.05, 4.69) is 16.0 Å². The van der Waals surface area contributed by atoms with Crippen molar-refractivity contribution in [1.82, 2.24) is 5.32 Å². The molecule has 0 aliphatic heterocycles. The van der Waals surface area contributed by atoms with E-state index in [1.54, 1.807) is 31.2 Å². The summed E-state index contributed by atoms with van der Waals surface area (Å²) in [5.74, 6) is -1.80. The van der Waals surface area contributed by atoms with Crippen molar-refractivity contribution in [2.75, 3.05) is 10.6 Å². The van der Waals surface area contributed by atoms with Gasteiger partial charge in [-0.2, -0.15) is 0 Å². The highest BCUT2D eigenvalue weighted by Crippen LogP contribution is 2.15. The first-order valence-electron chi connectivity index (χ1n) is 6.99. The van der Waals surface area contributed by atoms with Gasteiger partial charge in [-0.05, 0) is 24.1 Å². The predicted molar refractivity (Wildman–Crippen MR) is 81.2 cm³/mol. The third-order valence-corrected chi connectivity index (χ3v) is 3.19. The van der Waals surface area contributed by atoms with Crippen molar-refractivity contribution < 1.29 is 19.5 Å². The first kappa shape index (κ1) is 17.5. The van der Waals surface area contributed by atoms with E-state index in [9.17, 15) is 19.5 Å². The van der Waals surface area contributed by atoms with E-state index in [1.807, 2.05) is 6.92 Å². The van der Waals surface area contributed by atoms with Crippen molar-refractivity contribution in [2.24, 2.45) is 5.92 Å². The molecule has 0 unspecified atom stereocenters. The minimum Gasteiger partial charge on any atom is -0.548 e. The van der Waals surface area contributed by atoms with Gasteiger partial charge >= 0.3 is 6.03 Å². The first-order valence-corrected chi connectivity index (χ1v) is 6.99. The summed E-state index contributed by atoms with van der Waals surface area (Å²) in [5.41, 5.74) is 0.966. The number of amides is 3. The van der Waals surface area contributed by atoms with E-state index >= 15 is 0 Å². The number of hydrogen-bond donors (Lipinski definition) is 3. The second-order valence-electron chi connectivity index (χ2n) is 5.04. The van der Waals surface area contributed by atoms with E-state index in [0.717, 1.165) is 0 Å². The van der Waals surface area contributed by atoms with Crippen LogP contribution in [0.2, 0.25) is 0 Å². The standard InChI is InChI=1S/C15H21N3O4/c1-4-9(2)13(14(20)21)18-15(22)17-12-7-5-6-11(8-12)16-10(3)19/h5-9,13H,4H2,1-3H3,(H,16,19)(H,20,21)(H2,17,18,22)/p-1/t9-,13+/m1/s1. The van der Waals surface area contributed by atoms with Gasteiger partial charge in [0.15, 0.2) is 0 Å². The monoisotopic (exact) mass is 306 g/mol. The Morgan fingerprint density at radius 2 is 1.77 bits per heavy atom. The van der Waals surface area contributed by atoms with Crippen molar-refractivity contribution in [3.05, 3.63) is 24.3 Å². The molecule has 0 saturated heterocycles. The summed E-state index contributed by atoms with van der Waals surface area (Å²) in [4.78, 5) is 33.9. The van der Waals surface area contributed by atoms with Crippen LogP contribution in [-0.4, -0.2) is 23.9 Å². The van der Waals surface area contributed by atoms with E-state index in [0.29, 0.717) is 17.8 Å². The first-order chi connectivity index (χ1) is 10.3. The Labute approximate surface area is 129 Å². The van der Waals surface area contributed by atoms with Crippen LogP contribution in [0, 0.1) is 5.92 Å². The molecule has 7 nitrogen and oxygen atoms in total. The SMILES string of the molecule is CC[C@@H](C)[C@H](NC(=O)Nc1cccc(NC(C)=O)c1)C(=O)[O-]. The number of anilines is 2. The molecule has 22 heavy (non-hydrogen) atoms. The quantitative estimate of drug-likeness (QED) is 0.726. The van der Waals surface area contributed by atoms with Crippen molar-refractivity contribution in [2.45, 2.75) is 33.2 Å². The number of rotatable bonds is 6. The average Bonchev–Trinajstić information content (AvgIpc) is 2.43. The van der Waals surface area contributed by atoms with E-state index < -0.39 is 18.0 Å². The summed E-state index contributed by atoms with van der Waals surface area (Å²) >= 11 is 0. The number of benzene rings is 1. The molecular formula is C15H20N3O4-. The second-order valence-corrected chi connectivity index (χ2v) is 5.04. The van der Waals surface area contributed by atoms with E-state index in [-0.39, 0.29) is 11.8 Å². The van der Waals surface area contributed by atoms with Gasteiger partial charge in [-0.15, -0.1) is 0 Å². The molecule has 0 heterocycles. The minimum atomic E-state index is -1.32. The lowest BCUT2D eigenvalue weighted by Crippen LogP contribution is -2.52. The van der Waals surface area contributed by atoms with Gasteiger partial charge < -0.3 is 25.9 Å². The molecule has 120 valence electrons. The summed E-state index contributed by atoms with van der Waals surface area (Å²) in [6.07, 6.45) is 0.594. The smallest absolute Gasteiger partial charge is 0.319 e. The van der Waals surface area contributed by atoms with Crippen LogP contribution in [0.3, 0.4) is 0 Å². The number of carboxylic acid groups (broad SMARTS) is 1. The van der Waals surface area contributed by atoms with Crippen LogP contribution in [-0.2, 0) is 9.59 Å². The van der Waals surface area contributed by atoms with Crippen LogP contribution in [0.5, 0.6) is 0 Å². The molecular weight excluding hydrogens is 286 g/mol. The molecule has 7 heteroatoms. The van der Waals surface area contributed by atoms with Crippen LogP contribution in [0.1, 0.15) is 27.2 Å². The topological polar surface area (TPSA) is 110 Å². The Morgan fingerprint density at radius 1 is 1.18 bits per heavy atom. The molecule has 0 aliphatic carbocycles. The van der Waals surface area contributed by atoms with Crippen LogP contribution in [0.4, 0.5) is 16.2 Å². The van der Waals surface area contributed by atoms with Crippen LogP contribution >= 0.6 is 0 Å². The molecule has 0 bridgehead atoms. The Bertz CT molecular complexity index is 559. The zero-order valence-electron chi connectivity index (χ0n) is 12.8. The highest BCUT2D eigenvalue weighted by atomic mass is 16.4. The fourth-order valence-electron chi connectivity index (χ4n) is 1.86. The molecule has 0 fully saturated rings. The van der Waals surface area contributed by atoms with Crippen molar-refractivity contribution in [3.63, 3.8) is 0 Å². The van der Waals surface area contributed by atoms with Gasteiger partial charge in [0, 0.05) is 18.3 Å². The maximum Gasteiger partial charge on any atom is 0.319 e. The van der Waals surface area contributed by atoms with E-state index in [4.69, 9.17) is 0 Å². The zero-order chi connectivity index (χ0) is 16.7. The molecule has 0 spiro atoms. The summed E-state index contributed by atoms with van der Waals surface area (Å²) in [6, 6.07) is 4.82. The minimum absolute atomic E-state index is 0.226. The molecule has 1 aromatic carbocycles. The third-order valence-electron chi connectivity index (χ3n) is 3.19. The molecule has 0 aliphatic rings. The van der Waals surface area contributed by atoms with Crippen LogP contribution < -0.4 is 21.1 Å². The number of carboxylic acids is 1. The van der Waals surface area contributed by atoms with Crippen molar-refractivity contribution in [3.8, 4) is 0 Å². The number of carbonyl (C=O) groups is 3. The molecule has 0 saturated carbocycles. The Balaban J connectivity index is 2.71. The molecule has 0 aromatic heterocycles. The summed E-state index contributed by atoms with van der Waals surface area (Å²) in [6.45, 7) is 4.93. The number of hydrogen-bond acceptors (Lipinski definition) is 4. The van der Waals surface area contributed by atoms with Gasteiger partial charge in [0.1, 0.15) is 0 Å². The molecule has 3 amide bonds. The normalized spacial score (nSPS) is 12.9. The molecule has 0 radical (unpaired) electrons. The molecule has 2 atom stereocenters. The van der Waals surface area contributed by atoms with Gasteiger partial charge in [-0.1, -0.05) is 26.3 Å². The summed E-state index contributed by atoms with van der Waals surface area (Å²) in [7, 11) is 0. The van der Waals surface area contributed by atoms with Gasteiger partial charge in [-0.3, -0.25) is 4.79 Å². The van der Waals surface area contributed by atoms with Gasteiger partial charge in [0.2, 0.25) is 5.91 Å². The summed E-state index contributed by atoms with van der Waals surface area (Å²) in [5, 5.41) is 18.6. The lowest BCUT2D eigenvalue weighted by atomic mass is 9.99. The van der Waals surface area contributed by atoms with Gasteiger partial charge in [0.05, 0.1) is 12.0 Å². The Hall–Kier alpha value is -2.57. The van der Waals surface area contributed by atoms with Gasteiger partial charge in [0.25, 0.3) is 0 Å². The van der Waals surface area contributed by atoms with Gasteiger partial charge in [-0.25, -0.2) is 4.79 Å². The fraction of sp³-hybridized carbons (Fsp3) is 0.400. The number of nitrogens with one attached hydrogen (secondary N) is 3. The maximum atomic E-state index is 11.9.